The van der Waals surface area contributed by atoms with Gasteiger partial charge in [0, 0.05) is 38.4 Å². The first-order chi connectivity index (χ1) is 10.3. The summed E-state index contributed by atoms with van der Waals surface area (Å²) in [6.45, 7) is 2.98. The zero-order valence-corrected chi connectivity index (χ0v) is 11.9. The van der Waals surface area contributed by atoms with Gasteiger partial charge in [-0.05, 0) is 12.1 Å². The van der Waals surface area contributed by atoms with E-state index in [0.717, 1.165) is 26.2 Å². The van der Waals surface area contributed by atoms with Gasteiger partial charge in [0.05, 0.1) is 12.8 Å². The fourth-order valence-electron chi connectivity index (χ4n) is 2.45. The molecule has 0 saturated carbocycles. The summed E-state index contributed by atoms with van der Waals surface area (Å²) in [6.07, 6.45) is 1.68. The molecule has 1 fully saturated rings. The minimum Gasteiger partial charge on any atom is -0.481 e. The van der Waals surface area contributed by atoms with E-state index in [1.54, 1.807) is 25.4 Å². The van der Waals surface area contributed by atoms with Crippen LogP contribution in [0.2, 0.25) is 0 Å². The van der Waals surface area contributed by atoms with Gasteiger partial charge in [0.1, 0.15) is 5.82 Å². The van der Waals surface area contributed by atoms with Crippen molar-refractivity contribution in [2.45, 2.75) is 0 Å². The molecule has 1 aliphatic heterocycles. The number of rotatable bonds is 3. The molecule has 2 heterocycles. The van der Waals surface area contributed by atoms with Crippen molar-refractivity contribution < 1.29 is 9.13 Å². The van der Waals surface area contributed by atoms with Crippen molar-refractivity contribution in [2.75, 3.05) is 43.1 Å². The standard InChI is InChI=1S/C15H17FN4O/c1-21-14-6-7-17-15(18-14)20-10-8-19(9-11-20)13-5-3-2-4-12(13)16/h2-7H,8-11H2,1H3. The molecule has 0 amide bonds. The van der Waals surface area contributed by atoms with Crippen molar-refractivity contribution in [2.24, 2.45) is 0 Å². The first kappa shape index (κ1) is 13.6. The molecule has 0 bridgehead atoms. The van der Waals surface area contributed by atoms with Gasteiger partial charge in [0.2, 0.25) is 11.8 Å². The van der Waals surface area contributed by atoms with Gasteiger partial charge in [-0.15, -0.1) is 0 Å². The second kappa shape index (κ2) is 5.95. The van der Waals surface area contributed by atoms with Crippen LogP contribution in [0, 0.1) is 5.82 Å². The predicted octanol–water partition coefficient (Wildman–Crippen LogP) is 1.95. The van der Waals surface area contributed by atoms with Crippen LogP contribution < -0.4 is 14.5 Å². The summed E-state index contributed by atoms with van der Waals surface area (Å²) in [5.41, 5.74) is 0.656. The largest absolute Gasteiger partial charge is 0.481 e. The predicted molar refractivity (Wildman–Crippen MR) is 79.4 cm³/mol. The fraction of sp³-hybridized carbons (Fsp3) is 0.333. The van der Waals surface area contributed by atoms with Crippen LogP contribution in [-0.2, 0) is 0 Å². The van der Waals surface area contributed by atoms with Gasteiger partial charge >= 0.3 is 0 Å². The summed E-state index contributed by atoms with van der Waals surface area (Å²) in [6, 6.07) is 8.59. The molecule has 1 saturated heterocycles. The van der Waals surface area contributed by atoms with Gasteiger partial charge in [-0.2, -0.15) is 4.98 Å². The van der Waals surface area contributed by atoms with Crippen LogP contribution in [0.5, 0.6) is 5.88 Å². The Kier molecular flexibility index (Phi) is 3.85. The van der Waals surface area contributed by atoms with E-state index < -0.39 is 0 Å². The van der Waals surface area contributed by atoms with Crippen LogP contribution in [0.15, 0.2) is 36.5 Å². The molecule has 110 valence electrons. The van der Waals surface area contributed by atoms with E-state index in [-0.39, 0.29) is 5.82 Å². The Morgan fingerprint density at radius 2 is 1.76 bits per heavy atom. The number of anilines is 2. The van der Waals surface area contributed by atoms with E-state index in [2.05, 4.69) is 14.9 Å². The summed E-state index contributed by atoms with van der Waals surface area (Å²) < 4.78 is 18.9. The van der Waals surface area contributed by atoms with Crippen LogP contribution in [0.1, 0.15) is 0 Å². The average molecular weight is 288 g/mol. The molecule has 0 atom stereocenters. The Labute approximate surface area is 123 Å². The number of hydrogen-bond donors (Lipinski definition) is 0. The number of hydrogen-bond acceptors (Lipinski definition) is 5. The van der Waals surface area contributed by atoms with Crippen LogP contribution in [0.25, 0.3) is 0 Å². The first-order valence-corrected chi connectivity index (χ1v) is 6.89. The zero-order valence-electron chi connectivity index (χ0n) is 11.9. The number of ether oxygens (including phenoxy) is 1. The van der Waals surface area contributed by atoms with Gasteiger partial charge < -0.3 is 14.5 Å². The van der Waals surface area contributed by atoms with Gasteiger partial charge in [-0.3, -0.25) is 0 Å². The monoisotopic (exact) mass is 288 g/mol. The maximum absolute atomic E-state index is 13.8. The van der Waals surface area contributed by atoms with E-state index >= 15 is 0 Å². The summed E-state index contributed by atoms with van der Waals surface area (Å²) in [7, 11) is 1.59. The van der Waals surface area contributed by atoms with E-state index in [4.69, 9.17) is 4.74 Å². The minimum absolute atomic E-state index is 0.177. The Balaban J connectivity index is 1.69. The topological polar surface area (TPSA) is 41.5 Å². The second-order valence-corrected chi connectivity index (χ2v) is 4.82. The molecule has 6 heteroatoms. The Morgan fingerprint density at radius 3 is 2.48 bits per heavy atom. The van der Waals surface area contributed by atoms with E-state index in [9.17, 15) is 4.39 Å². The van der Waals surface area contributed by atoms with Gasteiger partial charge in [-0.1, -0.05) is 12.1 Å². The first-order valence-electron chi connectivity index (χ1n) is 6.89. The van der Waals surface area contributed by atoms with Crippen molar-refractivity contribution in [1.82, 2.24) is 9.97 Å². The summed E-state index contributed by atoms with van der Waals surface area (Å²) in [5, 5.41) is 0. The molecule has 1 aliphatic rings. The van der Waals surface area contributed by atoms with Gasteiger partial charge in [-0.25, -0.2) is 9.37 Å². The third kappa shape index (κ3) is 2.89. The van der Waals surface area contributed by atoms with Crippen molar-refractivity contribution >= 4 is 11.6 Å². The van der Waals surface area contributed by atoms with Crippen LogP contribution in [0.4, 0.5) is 16.0 Å². The molecule has 1 aromatic heterocycles. The Bertz CT molecular complexity index is 614. The normalized spacial score (nSPS) is 15.1. The minimum atomic E-state index is -0.177. The van der Waals surface area contributed by atoms with Gasteiger partial charge in [0.25, 0.3) is 0 Å². The zero-order chi connectivity index (χ0) is 14.7. The quantitative estimate of drug-likeness (QED) is 0.863. The molecule has 0 aliphatic carbocycles. The van der Waals surface area contributed by atoms with E-state index in [0.29, 0.717) is 17.5 Å². The number of piperazine rings is 1. The average Bonchev–Trinajstić information content (AvgIpc) is 2.56. The fourth-order valence-corrected chi connectivity index (χ4v) is 2.45. The SMILES string of the molecule is COc1ccnc(N2CCN(c3ccccc3F)CC2)n1. The maximum atomic E-state index is 13.8. The molecule has 3 rings (SSSR count). The molecule has 0 radical (unpaired) electrons. The molecule has 1 aromatic carbocycles. The van der Waals surface area contributed by atoms with E-state index in [1.165, 1.54) is 6.07 Å². The van der Waals surface area contributed by atoms with Crippen molar-refractivity contribution in [3.05, 3.63) is 42.3 Å². The summed E-state index contributed by atoms with van der Waals surface area (Å²) in [5.74, 6) is 1.03. The third-order valence-corrected chi connectivity index (χ3v) is 3.58. The lowest BCUT2D eigenvalue weighted by Crippen LogP contribution is -2.47. The molecule has 5 nitrogen and oxygen atoms in total. The smallest absolute Gasteiger partial charge is 0.228 e. The highest BCUT2D eigenvalue weighted by molar-refractivity contribution is 5.49. The highest BCUT2D eigenvalue weighted by Gasteiger charge is 2.21. The van der Waals surface area contributed by atoms with Crippen LogP contribution in [-0.4, -0.2) is 43.3 Å². The molecule has 21 heavy (non-hydrogen) atoms. The number of para-hydroxylation sites is 1. The second-order valence-electron chi connectivity index (χ2n) is 4.82. The number of methoxy groups -OCH3 is 1. The molecule has 0 unspecified atom stereocenters. The number of aromatic nitrogens is 2. The molecular formula is C15H17FN4O. The molecular weight excluding hydrogens is 271 g/mol. The van der Waals surface area contributed by atoms with Gasteiger partial charge in [0.15, 0.2) is 0 Å². The van der Waals surface area contributed by atoms with Crippen molar-refractivity contribution in [1.29, 1.82) is 0 Å². The Hall–Kier alpha value is -2.37. The van der Waals surface area contributed by atoms with E-state index in [1.807, 2.05) is 17.0 Å². The molecule has 2 aromatic rings. The van der Waals surface area contributed by atoms with Crippen LogP contribution in [0.3, 0.4) is 0 Å². The Morgan fingerprint density at radius 1 is 1.05 bits per heavy atom. The summed E-state index contributed by atoms with van der Waals surface area (Å²) >= 11 is 0. The number of nitrogens with zero attached hydrogens (tertiary/aromatic N) is 4. The maximum Gasteiger partial charge on any atom is 0.228 e. The van der Waals surface area contributed by atoms with Crippen molar-refractivity contribution in [3.8, 4) is 5.88 Å². The molecule has 0 spiro atoms. The third-order valence-electron chi connectivity index (χ3n) is 3.58. The lowest BCUT2D eigenvalue weighted by Gasteiger charge is -2.36. The van der Waals surface area contributed by atoms with Crippen LogP contribution >= 0.6 is 0 Å². The highest BCUT2D eigenvalue weighted by atomic mass is 19.1. The molecule has 0 N–H and O–H groups in total. The number of halogens is 1. The lowest BCUT2D eigenvalue weighted by atomic mass is 10.2. The number of benzene rings is 1. The lowest BCUT2D eigenvalue weighted by molar-refractivity contribution is 0.396. The van der Waals surface area contributed by atoms with Crippen molar-refractivity contribution in [3.63, 3.8) is 0 Å². The highest BCUT2D eigenvalue weighted by Crippen LogP contribution is 2.21. The summed E-state index contributed by atoms with van der Waals surface area (Å²) in [4.78, 5) is 12.7.